The van der Waals surface area contributed by atoms with Crippen molar-refractivity contribution in [1.29, 1.82) is 0 Å². The fraction of sp³-hybridized carbons (Fsp3) is 0.429. The van der Waals surface area contributed by atoms with Crippen LogP contribution in [0.5, 0.6) is 0 Å². The van der Waals surface area contributed by atoms with Crippen molar-refractivity contribution in [2.45, 2.75) is 32.6 Å². The predicted molar refractivity (Wildman–Crippen MR) is 81.9 cm³/mol. The van der Waals surface area contributed by atoms with Gasteiger partial charge in [0.05, 0.1) is 11.4 Å². The van der Waals surface area contributed by atoms with Crippen LogP contribution >= 0.6 is 11.6 Å². The van der Waals surface area contributed by atoms with E-state index in [4.69, 9.17) is 17.3 Å². The van der Waals surface area contributed by atoms with Gasteiger partial charge in [-0.05, 0) is 37.6 Å². The van der Waals surface area contributed by atoms with Crippen molar-refractivity contribution in [3.63, 3.8) is 0 Å². The van der Waals surface area contributed by atoms with Crippen LogP contribution in [0.4, 0.5) is 11.4 Å². The number of nitrogens with one attached hydrogen (secondary N) is 2. The van der Waals surface area contributed by atoms with Crippen molar-refractivity contribution in [1.82, 2.24) is 0 Å². The van der Waals surface area contributed by atoms with Crippen LogP contribution in [0.1, 0.15) is 32.6 Å². The first-order chi connectivity index (χ1) is 9.56. The van der Waals surface area contributed by atoms with Crippen molar-refractivity contribution in [3.8, 4) is 0 Å². The molecule has 0 saturated carbocycles. The second-order valence-electron chi connectivity index (χ2n) is 4.43. The van der Waals surface area contributed by atoms with Gasteiger partial charge in [0, 0.05) is 17.9 Å². The van der Waals surface area contributed by atoms with Gasteiger partial charge in [0.1, 0.15) is 0 Å². The lowest BCUT2D eigenvalue weighted by Gasteiger charge is -2.12. The minimum absolute atomic E-state index is 0.0905. The molecule has 2 amide bonds. The van der Waals surface area contributed by atoms with Gasteiger partial charge in [-0.25, -0.2) is 0 Å². The average Bonchev–Trinajstić information content (AvgIpc) is 2.40. The summed E-state index contributed by atoms with van der Waals surface area (Å²) in [6, 6.07) is 4.95. The number of nitrogens with two attached hydrogens (primary N) is 1. The molecule has 0 aliphatic heterocycles. The van der Waals surface area contributed by atoms with Crippen LogP contribution in [0.2, 0.25) is 5.02 Å². The summed E-state index contributed by atoms with van der Waals surface area (Å²) in [5.74, 6) is -0.240. The van der Waals surface area contributed by atoms with E-state index in [1.807, 2.05) is 6.92 Å². The smallest absolute Gasteiger partial charge is 0.224 e. The largest absolute Gasteiger partial charge is 0.330 e. The molecular weight excluding hydrogens is 278 g/mol. The monoisotopic (exact) mass is 297 g/mol. The molecule has 20 heavy (non-hydrogen) atoms. The molecule has 1 aromatic rings. The number of carbonyl (C=O) groups excluding carboxylic acids is 2. The third-order valence-electron chi connectivity index (χ3n) is 2.61. The molecule has 0 atom stereocenters. The van der Waals surface area contributed by atoms with E-state index in [0.29, 0.717) is 42.2 Å². The summed E-state index contributed by atoms with van der Waals surface area (Å²) in [4.78, 5) is 23.4. The summed E-state index contributed by atoms with van der Waals surface area (Å²) in [7, 11) is 0. The molecule has 1 aromatic carbocycles. The highest BCUT2D eigenvalue weighted by atomic mass is 35.5. The van der Waals surface area contributed by atoms with Crippen molar-refractivity contribution in [3.05, 3.63) is 23.2 Å². The van der Waals surface area contributed by atoms with Crippen molar-refractivity contribution in [2.24, 2.45) is 5.73 Å². The minimum Gasteiger partial charge on any atom is -0.330 e. The Morgan fingerprint density at radius 2 is 1.80 bits per heavy atom. The summed E-state index contributed by atoms with van der Waals surface area (Å²) in [6.45, 7) is 2.39. The molecule has 0 aliphatic carbocycles. The molecule has 0 aromatic heterocycles. The topological polar surface area (TPSA) is 84.2 Å². The Labute approximate surface area is 123 Å². The molecule has 0 heterocycles. The number of hydrogen-bond acceptors (Lipinski definition) is 3. The highest BCUT2D eigenvalue weighted by molar-refractivity contribution is 6.31. The van der Waals surface area contributed by atoms with E-state index in [2.05, 4.69) is 10.6 Å². The zero-order valence-corrected chi connectivity index (χ0v) is 12.3. The van der Waals surface area contributed by atoms with Crippen LogP contribution in [-0.2, 0) is 9.59 Å². The van der Waals surface area contributed by atoms with Crippen molar-refractivity contribution >= 4 is 34.8 Å². The second-order valence-corrected chi connectivity index (χ2v) is 4.86. The molecule has 0 radical (unpaired) electrons. The highest BCUT2D eigenvalue weighted by Crippen LogP contribution is 2.26. The number of amides is 2. The minimum atomic E-state index is -0.149. The molecule has 0 bridgehead atoms. The van der Waals surface area contributed by atoms with Gasteiger partial charge in [-0.3, -0.25) is 9.59 Å². The van der Waals surface area contributed by atoms with E-state index in [1.165, 1.54) is 0 Å². The van der Waals surface area contributed by atoms with Gasteiger partial charge in [0.25, 0.3) is 0 Å². The zero-order valence-electron chi connectivity index (χ0n) is 11.5. The van der Waals surface area contributed by atoms with Gasteiger partial charge in [-0.2, -0.15) is 0 Å². The Hall–Kier alpha value is -1.59. The maximum absolute atomic E-state index is 11.7. The SMILES string of the molecule is CCCC(=O)Nc1ccc(Cl)cc1NC(=O)CCCN. The summed E-state index contributed by atoms with van der Waals surface area (Å²) in [5.41, 5.74) is 6.42. The number of hydrogen-bond donors (Lipinski definition) is 3. The lowest BCUT2D eigenvalue weighted by Crippen LogP contribution is -2.17. The summed E-state index contributed by atoms with van der Waals surface area (Å²) >= 11 is 5.92. The third kappa shape index (κ3) is 5.59. The van der Waals surface area contributed by atoms with Gasteiger partial charge in [0.2, 0.25) is 11.8 Å². The summed E-state index contributed by atoms with van der Waals surface area (Å²) in [6.07, 6.45) is 2.15. The molecule has 110 valence electrons. The number of anilines is 2. The van der Waals surface area contributed by atoms with Crippen LogP contribution in [0.25, 0.3) is 0 Å². The number of benzene rings is 1. The second kappa shape index (κ2) is 8.55. The summed E-state index contributed by atoms with van der Waals surface area (Å²) in [5, 5.41) is 6.00. The highest BCUT2D eigenvalue weighted by Gasteiger charge is 2.10. The fourth-order valence-electron chi connectivity index (χ4n) is 1.64. The van der Waals surface area contributed by atoms with E-state index in [1.54, 1.807) is 18.2 Å². The molecule has 0 unspecified atom stereocenters. The molecule has 0 spiro atoms. The van der Waals surface area contributed by atoms with E-state index in [9.17, 15) is 9.59 Å². The molecule has 0 aliphatic rings. The van der Waals surface area contributed by atoms with Crippen LogP contribution < -0.4 is 16.4 Å². The van der Waals surface area contributed by atoms with E-state index < -0.39 is 0 Å². The average molecular weight is 298 g/mol. The molecule has 6 heteroatoms. The zero-order chi connectivity index (χ0) is 15.0. The normalized spacial score (nSPS) is 10.2. The molecule has 1 rings (SSSR count). The predicted octanol–water partition coefficient (Wildman–Crippen LogP) is 2.76. The van der Waals surface area contributed by atoms with Gasteiger partial charge >= 0.3 is 0 Å². The first-order valence-corrected chi connectivity index (χ1v) is 7.04. The van der Waals surface area contributed by atoms with Crippen LogP contribution in [0, 0.1) is 0 Å². The van der Waals surface area contributed by atoms with E-state index in [0.717, 1.165) is 6.42 Å². The quantitative estimate of drug-likeness (QED) is 0.723. The molecule has 4 N–H and O–H groups in total. The molecule has 0 fully saturated rings. The number of halogens is 1. The molecular formula is C14H20ClN3O2. The molecule has 0 saturated heterocycles. The Balaban J connectivity index is 2.79. The van der Waals surface area contributed by atoms with E-state index >= 15 is 0 Å². The van der Waals surface area contributed by atoms with Gasteiger partial charge in [0.15, 0.2) is 0 Å². The first kappa shape index (κ1) is 16.5. The summed E-state index contributed by atoms with van der Waals surface area (Å²) < 4.78 is 0. The van der Waals surface area contributed by atoms with E-state index in [-0.39, 0.29) is 11.8 Å². The molecule has 5 nitrogen and oxygen atoms in total. The van der Waals surface area contributed by atoms with Crippen LogP contribution in [0.3, 0.4) is 0 Å². The van der Waals surface area contributed by atoms with Crippen LogP contribution in [-0.4, -0.2) is 18.4 Å². The third-order valence-corrected chi connectivity index (χ3v) is 2.85. The van der Waals surface area contributed by atoms with Gasteiger partial charge < -0.3 is 16.4 Å². The van der Waals surface area contributed by atoms with Crippen molar-refractivity contribution < 1.29 is 9.59 Å². The lowest BCUT2D eigenvalue weighted by atomic mass is 10.2. The van der Waals surface area contributed by atoms with Crippen LogP contribution in [0.15, 0.2) is 18.2 Å². The number of carbonyl (C=O) groups is 2. The maximum Gasteiger partial charge on any atom is 0.224 e. The van der Waals surface area contributed by atoms with Gasteiger partial charge in [-0.1, -0.05) is 18.5 Å². The number of rotatable bonds is 7. The van der Waals surface area contributed by atoms with Gasteiger partial charge in [-0.15, -0.1) is 0 Å². The lowest BCUT2D eigenvalue weighted by molar-refractivity contribution is -0.117. The Morgan fingerprint density at radius 1 is 1.15 bits per heavy atom. The first-order valence-electron chi connectivity index (χ1n) is 6.66. The standard InChI is InChI=1S/C14H20ClN3O2/c1-2-4-13(19)17-11-7-6-10(15)9-12(11)18-14(20)5-3-8-16/h6-7,9H,2-5,8,16H2,1H3,(H,17,19)(H,18,20). The Morgan fingerprint density at radius 3 is 2.45 bits per heavy atom. The van der Waals surface area contributed by atoms with Crippen molar-refractivity contribution in [2.75, 3.05) is 17.2 Å². The Kier molecular flexibility index (Phi) is 7.04. The Bertz CT molecular complexity index is 477. The fourth-order valence-corrected chi connectivity index (χ4v) is 1.82. The maximum atomic E-state index is 11.7.